The lowest BCUT2D eigenvalue weighted by atomic mass is 10.1. The Hall–Kier alpha value is -3.06. The number of aromatic nitrogens is 1. The number of pyridine rings is 1. The maximum atomic E-state index is 12.7. The number of nitrogens with zero attached hydrogens (tertiary/aromatic N) is 2. The predicted octanol–water partition coefficient (Wildman–Crippen LogP) is 3.44. The summed E-state index contributed by atoms with van der Waals surface area (Å²) >= 11 is 0. The summed E-state index contributed by atoms with van der Waals surface area (Å²) in [6.45, 7) is 2.50. The summed E-state index contributed by atoms with van der Waals surface area (Å²) in [5.41, 5.74) is 2.28. The van der Waals surface area contributed by atoms with Gasteiger partial charge in [-0.1, -0.05) is 6.07 Å². The van der Waals surface area contributed by atoms with Gasteiger partial charge in [-0.3, -0.25) is 4.79 Å². The molecule has 2 aromatic heterocycles. The number of carbonyl (C=O) groups excluding carboxylic acids is 1. The monoisotopic (exact) mass is 290 g/mol. The molecule has 0 aliphatic heterocycles. The Labute approximate surface area is 128 Å². The lowest BCUT2D eigenvalue weighted by Gasteiger charge is -2.05. The second kappa shape index (κ2) is 5.74. The maximum absolute atomic E-state index is 12.7. The van der Waals surface area contributed by atoms with Gasteiger partial charge in [-0.15, -0.1) is 0 Å². The molecule has 0 aliphatic rings. The van der Waals surface area contributed by atoms with Gasteiger partial charge in [0.1, 0.15) is 11.8 Å². The van der Waals surface area contributed by atoms with E-state index < -0.39 is 0 Å². The molecule has 0 unspecified atom stereocenters. The van der Waals surface area contributed by atoms with Crippen LogP contribution in [0.1, 0.15) is 28.5 Å². The molecule has 0 spiro atoms. The average Bonchev–Trinajstić information content (AvgIpc) is 2.94. The molecule has 0 fully saturated rings. The van der Waals surface area contributed by atoms with E-state index in [4.69, 9.17) is 4.74 Å². The minimum absolute atomic E-state index is 0.120. The smallest absolute Gasteiger partial charge is 0.209 e. The van der Waals surface area contributed by atoms with Crippen LogP contribution >= 0.6 is 0 Å². The number of ketones is 1. The Morgan fingerprint density at radius 2 is 2.00 bits per heavy atom. The van der Waals surface area contributed by atoms with Gasteiger partial charge in [0.2, 0.25) is 5.78 Å². The van der Waals surface area contributed by atoms with Gasteiger partial charge in [0.05, 0.1) is 23.4 Å². The summed E-state index contributed by atoms with van der Waals surface area (Å²) in [6, 6.07) is 16.3. The van der Waals surface area contributed by atoms with Crippen molar-refractivity contribution in [3.63, 3.8) is 0 Å². The third-order valence-corrected chi connectivity index (χ3v) is 3.46. The molecule has 0 aliphatic carbocycles. The first kappa shape index (κ1) is 13.9. The van der Waals surface area contributed by atoms with Crippen molar-refractivity contribution in [3.8, 4) is 11.8 Å². The normalized spacial score (nSPS) is 10.4. The van der Waals surface area contributed by atoms with Gasteiger partial charge in [-0.05, 0) is 49.4 Å². The highest BCUT2D eigenvalue weighted by molar-refractivity contribution is 6.09. The highest BCUT2D eigenvalue weighted by Gasteiger charge is 2.16. The average molecular weight is 290 g/mol. The first-order valence-corrected chi connectivity index (χ1v) is 7.02. The zero-order valence-electron chi connectivity index (χ0n) is 12.1. The van der Waals surface area contributed by atoms with E-state index in [1.165, 1.54) is 0 Å². The van der Waals surface area contributed by atoms with Crippen molar-refractivity contribution >= 4 is 11.3 Å². The van der Waals surface area contributed by atoms with Crippen LogP contribution in [-0.4, -0.2) is 16.8 Å². The molecule has 3 rings (SSSR count). The van der Waals surface area contributed by atoms with Gasteiger partial charge in [0.15, 0.2) is 0 Å². The fourth-order valence-electron chi connectivity index (χ4n) is 2.43. The van der Waals surface area contributed by atoms with Crippen LogP contribution in [0.3, 0.4) is 0 Å². The number of ether oxygens (including phenoxy) is 1. The van der Waals surface area contributed by atoms with Crippen LogP contribution in [0.25, 0.3) is 5.52 Å². The quantitative estimate of drug-likeness (QED) is 0.692. The second-order valence-corrected chi connectivity index (χ2v) is 4.80. The minimum atomic E-state index is -0.120. The number of nitriles is 1. The van der Waals surface area contributed by atoms with E-state index in [0.29, 0.717) is 23.4 Å². The number of carbonyl (C=O) groups is 1. The maximum Gasteiger partial charge on any atom is 0.209 e. The lowest BCUT2D eigenvalue weighted by Crippen LogP contribution is -2.05. The van der Waals surface area contributed by atoms with Crippen LogP contribution in [0.2, 0.25) is 0 Å². The van der Waals surface area contributed by atoms with E-state index in [1.54, 1.807) is 40.9 Å². The van der Waals surface area contributed by atoms with E-state index in [2.05, 4.69) is 6.07 Å². The third-order valence-electron chi connectivity index (χ3n) is 3.46. The molecular formula is C18H14N2O2. The predicted molar refractivity (Wildman–Crippen MR) is 83.2 cm³/mol. The van der Waals surface area contributed by atoms with Crippen LogP contribution in [0, 0.1) is 11.3 Å². The Morgan fingerprint density at radius 1 is 1.23 bits per heavy atom. The Bertz CT molecular complexity index is 870. The van der Waals surface area contributed by atoms with Crippen molar-refractivity contribution in [1.82, 2.24) is 4.40 Å². The summed E-state index contributed by atoms with van der Waals surface area (Å²) in [7, 11) is 0. The molecule has 2 heterocycles. The van der Waals surface area contributed by atoms with E-state index in [9.17, 15) is 10.1 Å². The minimum Gasteiger partial charge on any atom is -0.494 e. The second-order valence-electron chi connectivity index (χ2n) is 4.80. The summed E-state index contributed by atoms with van der Waals surface area (Å²) in [6.07, 6.45) is 1.79. The highest BCUT2D eigenvalue weighted by atomic mass is 16.5. The molecule has 0 atom stereocenters. The number of rotatable bonds is 4. The van der Waals surface area contributed by atoms with Crippen molar-refractivity contribution in [2.45, 2.75) is 6.92 Å². The van der Waals surface area contributed by atoms with Crippen molar-refractivity contribution in [2.75, 3.05) is 6.61 Å². The Balaban J connectivity index is 2.04. The van der Waals surface area contributed by atoms with E-state index in [1.807, 2.05) is 25.1 Å². The molecule has 0 saturated heterocycles. The van der Waals surface area contributed by atoms with Gasteiger partial charge in [-0.2, -0.15) is 5.26 Å². The highest BCUT2D eigenvalue weighted by Crippen LogP contribution is 2.20. The van der Waals surface area contributed by atoms with Gasteiger partial charge < -0.3 is 9.14 Å². The molecule has 108 valence electrons. The van der Waals surface area contributed by atoms with Crippen LogP contribution in [0.4, 0.5) is 0 Å². The van der Waals surface area contributed by atoms with Crippen molar-refractivity contribution in [3.05, 3.63) is 71.5 Å². The molecule has 3 aromatic rings. The summed E-state index contributed by atoms with van der Waals surface area (Å²) in [5.74, 6) is 0.613. The number of hydrogen-bond donors (Lipinski definition) is 0. The third kappa shape index (κ3) is 2.33. The number of hydrogen-bond acceptors (Lipinski definition) is 3. The van der Waals surface area contributed by atoms with Crippen LogP contribution in [-0.2, 0) is 0 Å². The molecule has 4 heteroatoms. The molecule has 0 bridgehead atoms. The Kier molecular flexibility index (Phi) is 3.63. The summed E-state index contributed by atoms with van der Waals surface area (Å²) in [5, 5.41) is 9.21. The number of benzene rings is 1. The van der Waals surface area contributed by atoms with Gasteiger partial charge >= 0.3 is 0 Å². The standard InChI is InChI=1S/C18H14N2O2/c1-2-22-15-8-6-13(7-9-15)18(21)17-11-14(12-19)16-5-3-4-10-20(16)17/h3-11H,2H2,1H3. The zero-order valence-corrected chi connectivity index (χ0v) is 12.1. The van der Waals surface area contributed by atoms with Crippen LogP contribution in [0.15, 0.2) is 54.7 Å². The first-order chi connectivity index (χ1) is 10.7. The van der Waals surface area contributed by atoms with E-state index >= 15 is 0 Å². The molecular weight excluding hydrogens is 276 g/mol. The SMILES string of the molecule is CCOc1ccc(C(=O)c2cc(C#N)c3ccccn23)cc1. The topological polar surface area (TPSA) is 54.5 Å². The first-order valence-electron chi connectivity index (χ1n) is 7.02. The van der Waals surface area contributed by atoms with E-state index in [-0.39, 0.29) is 5.78 Å². The Morgan fingerprint density at radius 3 is 2.68 bits per heavy atom. The summed E-state index contributed by atoms with van der Waals surface area (Å²) in [4.78, 5) is 12.7. The fourth-order valence-corrected chi connectivity index (χ4v) is 2.43. The van der Waals surface area contributed by atoms with Crippen molar-refractivity contribution in [2.24, 2.45) is 0 Å². The molecule has 22 heavy (non-hydrogen) atoms. The van der Waals surface area contributed by atoms with Gasteiger partial charge in [0.25, 0.3) is 0 Å². The molecule has 4 nitrogen and oxygen atoms in total. The lowest BCUT2D eigenvalue weighted by molar-refractivity contribution is 0.103. The van der Waals surface area contributed by atoms with Gasteiger partial charge in [0, 0.05) is 11.8 Å². The molecule has 1 aromatic carbocycles. The summed E-state index contributed by atoms with van der Waals surface area (Å²) < 4.78 is 7.13. The largest absolute Gasteiger partial charge is 0.494 e. The fraction of sp³-hybridized carbons (Fsp3) is 0.111. The van der Waals surface area contributed by atoms with Crippen LogP contribution < -0.4 is 4.74 Å². The zero-order chi connectivity index (χ0) is 15.5. The van der Waals surface area contributed by atoms with Crippen molar-refractivity contribution in [1.29, 1.82) is 5.26 Å². The van der Waals surface area contributed by atoms with Crippen molar-refractivity contribution < 1.29 is 9.53 Å². The molecule has 0 N–H and O–H groups in total. The number of fused-ring (bicyclic) bond motifs is 1. The molecule has 0 amide bonds. The van der Waals surface area contributed by atoms with E-state index in [0.717, 1.165) is 11.3 Å². The van der Waals surface area contributed by atoms with Crippen LogP contribution in [0.5, 0.6) is 5.75 Å². The molecule has 0 radical (unpaired) electrons. The molecule has 0 saturated carbocycles. The van der Waals surface area contributed by atoms with Gasteiger partial charge in [-0.25, -0.2) is 0 Å².